The lowest BCUT2D eigenvalue weighted by Crippen LogP contribution is -2.37. The number of benzene rings is 2. The lowest BCUT2D eigenvalue weighted by Gasteiger charge is -2.24. The average Bonchev–Trinajstić information content (AvgIpc) is 3.22. The molecule has 1 amide bonds. The number of amides is 1. The van der Waals surface area contributed by atoms with Crippen LogP contribution in [0, 0.1) is 5.92 Å². The molecule has 4 rings (SSSR count). The van der Waals surface area contributed by atoms with E-state index in [2.05, 4.69) is 27.5 Å². The maximum absolute atomic E-state index is 13.0. The number of fused-ring (bicyclic) bond motifs is 2. The molecule has 1 aromatic heterocycles. The van der Waals surface area contributed by atoms with E-state index in [0.29, 0.717) is 22.7 Å². The number of anilines is 1. The Labute approximate surface area is 223 Å². The number of alkyl halides is 1. The number of rotatable bonds is 10. The molecule has 36 heavy (non-hydrogen) atoms. The summed E-state index contributed by atoms with van der Waals surface area (Å²) in [5, 5.41) is 6.98. The molecule has 188 valence electrons. The summed E-state index contributed by atoms with van der Waals surface area (Å²) in [7, 11) is 0. The molecule has 3 aromatic rings. The zero-order valence-corrected chi connectivity index (χ0v) is 22.4. The van der Waals surface area contributed by atoms with Crippen molar-refractivity contribution in [3.05, 3.63) is 65.5 Å². The number of nitrogens with one attached hydrogen (secondary N) is 2. The first kappa shape index (κ1) is 26.0. The van der Waals surface area contributed by atoms with Gasteiger partial charge >= 0.3 is 5.97 Å². The first-order chi connectivity index (χ1) is 17.4. The summed E-state index contributed by atoms with van der Waals surface area (Å²) in [5.74, 6) is -0.149. The zero-order valence-electron chi connectivity index (χ0n) is 20.3. The van der Waals surface area contributed by atoms with Crippen LogP contribution in [0.3, 0.4) is 0 Å². The lowest BCUT2D eigenvalue weighted by atomic mass is 9.96. The van der Waals surface area contributed by atoms with Gasteiger partial charge in [0, 0.05) is 17.4 Å². The van der Waals surface area contributed by atoms with Gasteiger partial charge in [0.1, 0.15) is 16.5 Å². The minimum absolute atomic E-state index is 0.0233. The van der Waals surface area contributed by atoms with Crippen LogP contribution in [0.4, 0.5) is 5.82 Å². The smallest absolute Gasteiger partial charge is 0.329 e. The second-order valence-electron chi connectivity index (χ2n) is 8.95. The first-order valence-electron chi connectivity index (χ1n) is 12.1. The molecule has 2 aromatic carbocycles. The third-order valence-corrected chi connectivity index (χ3v) is 6.78. The highest BCUT2D eigenvalue weighted by molar-refractivity contribution is 14.1. The number of nitrogens with zero attached hydrogens (tertiary/aromatic N) is 2. The molecule has 1 aliphatic rings. The Balaban J connectivity index is 1.57. The van der Waals surface area contributed by atoms with Gasteiger partial charge in [0.2, 0.25) is 5.91 Å². The van der Waals surface area contributed by atoms with Gasteiger partial charge in [-0.3, -0.25) is 9.59 Å². The number of aromatic nitrogens is 2. The fourth-order valence-electron chi connectivity index (χ4n) is 4.64. The fraction of sp³-hybridized carbons (Fsp3) is 0.370. The van der Waals surface area contributed by atoms with Gasteiger partial charge in [0.15, 0.2) is 11.6 Å². The first-order valence-corrected chi connectivity index (χ1v) is 13.6. The van der Waals surface area contributed by atoms with E-state index >= 15 is 0 Å². The number of carbonyl (C=O) groups is 3. The summed E-state index contributed by atoms with van der Waals surface area (Å²) in [6.07, 6.45) is 1.94. The fourth-order valence-corrected chi connectivity index (χ4v) is 4.95. The quantitative estimate of drug-likeness (QED) is 0.196. The van der Waals surface area contributed by atoms with Crippen LogP contribution in [0.5, 0.6) is 0 Å². The van der Waals surface area contributed by atoms with Crippen molar-refractivity contribution < 1.29 is 19.1 Å². The number of carbonyl (C=O) groups excluding carboxylic acids is 3. The van der Waals surface area contributed by atoms with E-state index in [1.165, 1.54) is 0 Å². The SMILES string of the molecule is CCCC(C)[C@H](Nc1nc(CNC(=O)C2CC(=O)c3ccccc32)nc2ccccc12)C(=O)OCI. The Morgan fingerprint density at radius 2 is 1.89 bits per heavy atom. The lowest BCUT2D eigenvalue weighted by molar-refractivity contribution is -0.143. The molecule has 0 fully saturated rings. The van der Waals surface area contributed by atoms with Crippen LogP contribution in [0.25, 0.3) is 10.9 Å². The zero-order chi connectivity index (χ0) is 25.7. The third-order valence-electron chi connectivity index (χ3n) is 6.47. The third kappa shape index (κ3) is 5.66. The molecule has 1 heterocycles. The van der Waals surface area contributed by atoms with E-state index < -0.39 is 12.0 Å². The molecule has 0 spiro atoms. The standard InChI is InChI=1S/C27H29IN4O4/c1-3-8-16(2)24(27(35)36-15-28)32-25-19-11-6-7-12-21(19)30-23(31-25)14-29-26(34)20-13-22(33)18-10-5-4-9-17(18)20/h4-7,9-12,16,20,24H,3,8,13-15H2,1-2H3,(H,29,34)(H,30,31,32)/t16?,20?,24-/m0/s1. The minimum atomic E-state index is -0.568. The van der Waals surface area contributed by atoms with E-state index in [0.717, 1.165) is 23.8 Å². The molecule has 0 radical (unpaired) electrons. The van der Waals surface area contributed by atoms with Gasteiger partial charge < -0.3 is 15.4 Å². The van der Waals surface area contributed by atoms with Gasteiger partial charge in [-0.25, -0.2) is 14.8 Å². The van der Waals surface area contributed by atoms with Crippen LogP contribution in [0.15, 0.2) is 48.5 Å². The van der Waals surface area contributed by atoms with Gasteiger partial charge in [-0.15, -0.1) is 0 Å². The average molecular weight is 600 g/mol. The molecule has 0 saturated heterocycles. The van der Waals surface area contributed by atoms with Crippen LogP contribution < -0.4 is 10.6 Å². The van der Waals surface area contributed by atoms with E-state index in [4.69, 9.17) is 4.74 Å². The Morgan fingerprint density at radius 1 is 1.14 bits per heavy atom. The Kier molecular flexibility index (Phi) is 8.50. The minimum Gasteiger partial charge on any atom is -0.453 e. The summed E-state index contributed by atoms with van der Waals surface area (Å²) in [6.45, 7) is 4.19. The van der Waals surface area contributed by atoms with Crippen LogP contribution >= 0.6 is 22.6 Å². The second-order valence-corrected chi connectivity index (χ2v) is 9.57. The molecule has 2 N–H and O–H groups in total. The van der Waals surface area contributed by atoms with Crippen LogP contribution in [-0.4, -0.2) is 38.3 Å². The molecule has 3 atom stereocenters. The van der Waals surface area contributed by atoms with Crippen molar-refractivity contribution in [2.45, 2.75) is 51.6 Å². The molecular formula is C27H29IN4O4. The van der Waals surface area contributed by atoms with Gasteiger partial charge in [-0.2, -0.15) is 0 Å². The number of hydrogen-bond donors (Lipinski definition) is 2. The molecular weight excluding hydrogens is 571 g/mol. The van der Waals surface area contributed by atoms with Crippen molar-refractivity contribution in [1.82, 2.24) is 15.3 Å². The molecule has 8 nitrogen and oxygen atoms in total. The molecule has 1 aliphatic carbocycles. The van der Waals surface area contributed by atoms with E-state index in [1.54, 1.807) is 12.1 Å². The summed E-state index contributed by atoms with van der Waals surface area (Å²) in [4.78, 5) is 47.3. The maximum atomic E-state index is 13.0. The number of ketones is 1. The number of Topliss-reactive ketones (excluding diaryl/α,β-unsaturated/α-hetero) is 1. The predicted molar refractivity (Wildman–Crippen MR) is 146 cm³/mol. The molecule has 2 unspecified atom stereocenters. The Bertz CT molecular complexity index is 1280. The van der Waals surface area contributed by atoms with Crippen molar-refractivity contribution in [3.63, 3.8) is 0 Å². The van der Waals surface area contributed by atoms with Crippen LogP contribution in [0.1, 0.15) is 60.8 Å². The summed E-state index contributed by atoms with van der Waals surface area (Å²) < 4.78 is 5.58. The second kappa shape index (κ2) is 11.8. The summed E-state index contributed by atoms with van der Waals surface area (Å²) in [5.41, 5.74) is 2.06. The number of esters is 1. The van der Waals surface area contributed by atoms with Crippen molar-refractivity contribution in [2.75, 3.05) is 9.93 Å². The molecule has 0 bridgehead atoms. The van der Waals surface area contributed by atoms with Gasteiger partial charge in [0.25, 0.3) is 0 Å². The van der Waals surface area contributed by atoms with Crippen LogP contribution in [0.2, 0.25) is 0 Å². The molecule has 0 aliphatic heterocycles. The normalized spacial score (nSPS) is 16.3. The Hall–Kier alpha value is -3.08. The summed E-state index contributed by atoms with van der Waals surface area (Å²) >= 11 is 2.01. The van der Waals surface area contributed by atoms with Crippen molar-refractivity contribution in [2.24, 2.45) is 5.92 Å². The van der Waals surface area contributed by atoms with Gasteiger partial charge in [0.05, 0.1) is 18.0 Å². The van der Waals surface area contributed by atoms with E-state index in [9.17, 15) is 14.4 Å². The number of hydrogen-bond acceptors (Lipinski definition) is 7. The molecule has 0 saturated carbocycles. The topological polar surface area (TPSA) is 110 Å². The highest BCUT2D eigenvalue weighted by Gasteiger charge is 2.34. The largest absolute Gasteiger partial charge is 0.453 e. The van der Waals surface area contributed by atoms with E-state index in [1.807, 2.05) is 65.9 Å². The van der Waals surface area contributed by atoms with E-state index in [-0.39, 0.29) is 41.2 Å². The summed E-state index contributed by atoms with van der Waals surface area (Å²) in [6, 6.07) is 14.2. The van der Waals surface area contributed by atoms with Crippen molar-refractivity contribution >= 4 is 57.0 Å². The van der Waals surface area contributed by atoms with Gasteiger partial charge in [-0.05, 0) is 52.6 Å². The van der Waals surface area contributed by atoms with Crippen molar-refractivity contribution in [1.29, 1.82) is 0 Å². The number of ether oxygens (including phenoxy) is 1. The number of para-hydroxylation sites is 1. The van der Waals surface area contributed by atoms with Gasteiger partial charge in [-0.1, -0.05) is 56.7 Å². The highest BCUT2D eigenvalue weighted by Crippen LogP contribution is 2.33. The van der Waals surface area contributed by atoms with Crippen LogP contribution in [-0.2, 0) is 20.9 Å². The highest BCUT2D eigenvalue weighted by atomic mass is 127. The monoisotopic (exact) mass is 600 g/mol. The number of halogens is 1. The van der Waals surface area contributed by atoms with Crippen molar-refractivity contribution in [3.8, 4) is 0 Å². The maximum Gasteiger partial charge on any atom is 0.329 e. The predicted octanol–water partition coefficient (Wildman–Crippen LogP) is 4.77. The molecule has 9 heteroatoms. The Morgan fingerprint density at radius 3 is 2.67 bits per heavy atom.